The number of hydrogen-bond donors (Lipinski definition) is 1. The number of fused-ring (bicyclic) bond motifs is 5. The summed E-state index contributed by atoms with van der Waals surface area (Å²) >= 11 is 0. The second kappa shape index (κ2) is 10.3. The van der Waals surface area contributed by atoms with Gasteiger partial charge in [0.25, 0.3) is 0 Å². The summed E-state index contributed by atoms with van der Waals surface area (Å²) in [7, 11) is 0. The Morgan fingerprint density at radius 1 is 1.16 bits per heavy atom. The third kappa shape index (κ3) is 4.12. The minimum atomic E-state index is -2.05. The normalized spacial score (nSPS) is 41.9. The van der Waals surface area contributed by atoms with E-state index in [1.54, 1.807) is 33.8 Å². The summed E-state index contributed by atoms with van der Waals surface area (Å²) in [5, 5.41) is 11.5. The molecule has 9 heteroatoms. The molecular weight excluding hydrogens is 490 g/mol. The number of allylic oxidation sites excluding steroid dienone is 4. The molecule has 0 bridgehead atoms. The maximum absolute atomic E-state index is 17.4. The van der Waals surface area contributed by atoms with Gasteiger partial charge in [0.15, 0.2) is 23.7 Å². The van der Waals surface area contributed by atoms with E-state index in [4.69, 9.17) is 9.47 Å². The van der Waals surface area contributed by atoms with Gasteiger partial charge < -0.3 is 16.0 Å². The molecule has 0 spiro atoms. The predicted octanol–water partition coefficient (Wildman–Crippen LogP) is 0.934. The Morgan fingerprint density at radius 3 is 2.43 bits per heavy atom. The Bertz CT molecular complexity index is 1060. The fourth-order valence-corrected chi connectivity index (χ4v) is 8.01. The second-order valence-electron chi connectivity index (χ2n) is 11.4. The monoisotopic (exact) mass is 528 g/mol. The summed E-state index contributed by atoms with van der Waals surface area (Å²) in [6, 6.07) is 0. The topological polar surface area (TPSA) is 107 Å². The van der Waals surface area contributed by atoms with E-state index in [0.717, 1.165) is 0 Å². The van der Waals surface area contributed by atoms with Gasteiger partial charge in [-0.05, 0) is 50.7 Å². The average molecular weight is 529 g/mol. The number of rotatable bonds is 6. The zero-order valence-corrected chi connectivity index (χ0v) is 24.8. The van der Waals surface area contributed by atoms with E-state index in [2.05, 4.69) is 0 Å². The third-order valence-corrected chi connectivity index (χ3v) is 9.81. The first-order valence-corrected chi connectivity index (χ1v) is 13.0. The van der Waals surface area contributed by atoms with Gasteiger partial charge in [0.1, 0.15) is 0 Å². The van der Waals surface area contributed by atoms with Gasteiger partial charge in [0.2, 0.25) is 5.78 Å². The quantitative estimate of drug-likeness (QED) is 0.404. The molecule has 37 heavy (non-hydrogen) atoms. The molecule has 0 heterocycles. The molecule has 0 amide bonds. The van der Waals surface area contributed by atoms with Crippen LogP contribution in [0, 0.1) is 28.6 Å². The van der Waals surface area contributed by atoms with Crippen molar-refractivity contribution in [2.45, 2.75) is 90.5 Å². The van der Waals surface area contributed by atoms with Gasteiger partial charge in [-0.3, -0.25) is 19.2 Å². The maximum atomic E-state index is 17.4. The molecule has 0 saturated heterocycles. The molecule has 1 N–H and O–H groups in total. The molecule has 1 unspecified atom stereocenters. The predicted molar refractivity (Wildman–Crippen MR) is 129 cm³/mol. The Kier molecular flexibility index (Phi) is 8.42. The Labute approximate surface area is 241 Å². The Morgan fingerprint density at radius 2 is 1.81 bits per heavy atom. The van der Waals surface area contributed by atoms with Crippen LogP contribution in [0.5, 0.6) is 0 Å². The third-order valence-electron chi connectivity index (χ3n) is 9.81. The fourth-order valence-electron chi connectivity index (χ4n) is 8.01. The Balaban J connectivity index is 0.00000253. The van der Waals surface area contributed by atoms with Gasteiger partial charge in [-0.25, -0.2) is 4.39 Å². The molecule has 0 aromatic carbocycles. The summed E-state index contributed by atoms with van der Waals surface area (Å²) in [6.07, 6.45) is 4.32. The molecular formula is C28H38FNaO7. The number of hydrogen-bond acceptors (Lipinski definition) is 7. The molecule has 4 aliphatic carbocycles. The number of carbonyl (C=O) groups is 4. The van der Waals surface area contributed by atoms with Crippen molar-refractivity contribution in [3.8, 4) is 0 Å². The molecule has 0 aliphatic heterocycles. The van der Waals surface area contributed by atoms with E-state index in [1.807, 2.05) is 6.92 Å². The van der Waals surface area contributed by atoms with Crippen LogP contribution in [-0.2, 0) is 28.7 Å². The van der Waals surface area contributed by atoms with E-state index in [1.165, 1.54) is 12.2 Å². The minimum absolute atomic E-state index is 0. The number of halogens is 1. The van der Waals surface area contributed by atoms with E-state index in [9.17, 15) is 24.3 Å². The van der Waals surface area contributed by atoms with Crippen molar-refractivity contribution < 1.29 is 69.1 Å². The molecule has 4 rings (SSSR count). The molecule has 3 saturated carbocycles. The minimum Gasteiger partial charge on any atom is -1.00 e. The maximum Gasteiger partial charge on any atom is 1.00 e. The van der Waals surface area contributed by atoms with Crippen molar-refractivity contribution in [3.63, 3.8) is 0 Å². The van der Waals surface area contributed by atoms with Crippen LogP contribution >= 0.6 is 0 Å². The van der Waals surface area contributed by atoms with Crippen molar-refractivity contribution >= 4 is 23.5 Å². The van der Waals surface area contributed by atoms with Crippen LogP contribution in [0.25, 0.3) is 0 Å². The van der Waals surface area contributed by atoms with Crippen LogP contribution in [0.15, 0.2) is 23.8 Å². The molecule has 7 nitrogen and oxygen atoms in total. The first-order valence-electron chi connectivity index (χ1n) is 13.0. The summed E-state index contributed by atoms with van der Waals surface area (Å²) in [6.45, 7) is 8.05. The number of ketones is 2. The van der Waals surface area contributed by atoms with Crippen molar-refractivity contribution in [2.75, 3.05) is 6.61 Å². The SMILES string of the molecule is CCC(=O)OCC(=O)[C@@]1(OC(=O)CC)[C@@H](C)C[C@H]2[C@@H]3CCC4=CC(=O)C=C[C@]4(C)C3(F)[C@@H](O)C[C@@]21C.[H-].[Na+]. The molecule has 0 aromatic rings. The zero-order valence-electron chi connectivity index (χ0n) is 23.8. The molecule has 0 aromatic heterocycles. The van der Waals surface area contributed by atoms with Gasteiger partial charge >= 0.3 is 41.5 Å². The standard InChI is InChI=1S/C28H37FO7.Na.H/c1-6-23(33)35-15-22(32)28(36-24(34)7-2)16(3)12-20-19-9-8-17-13-18(30)10-11-25(17,4)27(19,29)21(31)14-26(20,28)5;;/h10-11,13,16,19-21,31H,6-9,12,14-15H2,1-5H3;;/q;+1;-1/t16-,19-,20-,21-,25-,26-,27?,28-;;/m0../s1. The van der Waals surface area contributed by atoms with Crippen molar-refractivity contribution in [2.24, 2.45) is 28.6 Å². The molecule has 3 fully saturated rings. The van der Waals surface area contributed by atoms with Crippen molar-refractivity contribution in [3.05, 3.63) is 23.8 Å². The summed E-state index contributed by atoms with van der Waals surface area (Å²) in [4.78, 5) is 50.3. The largest absolute Gasteiger partial charge is 1.00 e. The van der Waals surface area contributed by atoms with Crippen LogP contribution in [0.4, 0.5) is 4.39 Å². The number of aliphatic hydroxyl groups excluding tert-OH is 1. The smallest absolute Gasteiger partial charge is 1.00 e. The van der Waals surface area contributed by atoms with Crippen LogP contribution in [0.1, 0.15) is 74.6 Å². The van der Waals surface area contributed by atoms with Gasteiger partial charge in [-0.1, -0.05) is 39.3 Å². The number of aliphatic hydroxyl groups is 1. The van der Waals surface area contributed by atoms with E-state index in [0.29, 0.717) is 24.8 Å². The van der Waals surface area contributed by atoms with Crippen LogP contribution in [0.2, 0.25) is 0 Å². The fraction of sp³-hybridized carbons (Fsp3) is 0.714. The zero-order chi connectivity index (χ0) is 26.7. The summed E-state index contributed by atoms with van der Waals surface area (Å²) in [5.74, 6) is -3.31. The van der Waals surface area contributed by atoms with Crippen molar-refractivity contribution in [1.29, 1.82) is 0 Å². The number of esters is 2. The first-order chi connectivity index (χ1) is 16.8. The van der Waals surface area contributed by atoms with Gasteiger partial charge in [0.05, 0.1) is 6.10 Å². The molecule has 200 valence electrons. The van der Waals surface area contributed by atoms with Crippen LogP contribution < -0.4 is 29.6 Å². The molecule has 0 radical (unpaired) electrons. The van der Waals surface area contributed by atoms with E-state index < -0.39 is 64.4 Å². The van der Waals surface area contributed by atoms with Crippen molar-refractivity contribution in [1.82, 2.24) is 0 Å². The molecule has 4 aliphatic rings. The van der Waals surface area contributed by atoms with Gasteiger partial charge in [-0.15, -0.1) is 0 Å². The van der Waals surface area contributed by atoms with Gasteiger partial charge in [0, 0.05) is 35.5 Å². The summed E-state index contributed by atoms with van der Waals surface area (Å²) < 4.78 is 28.5. The summed E-state index contributed by atoms with van der Waals surface area (Å²) in [5.41, 5.74) is -5.26. The number of Topliss-reactive ketones (excluding diaryl/α,β-unsaturated/α-hetero) is 1. The Hall–Kier alpha value is -1.35. The number of ether oxygens (including phenoxy) is 2. The van der Waals surface area contributed by atoms with Crippen LogP contribution in [0.3, 0.4) is 0 Å². The van der Waals surface area contributed by atoms with Crippen LogP contribution in [-0.4, -0.2) is 52.6 Å². The average Bonchev–Trinajstić information content (AvgIpc) is 3.05. The number of alkyl halides is 1. The number of carbonyl (C=O) groups excluding carboxylic acids is 4. The van der Waals surface area contributed by atoms with E-state index in [-0.39, 0.29) is 61.9 Å². The first kappa shape index (κ1) is 30.2. The van der Waals surface area contributed by atoms with E-state index >= 15 is 4.39 Å². The second-order valence-corrected chi connectivity index (χ2v) is 11.4. The molecule has 8 atom stereocenters. The van der Waals surface area contributed by atoms with Gasteiger partial charge in [-0.2, -0.15) is 0 Å².